The third-order valence-electron chi connectivity index (χ3n) is 3.41. The van der Waals surface area contributed by atoms with E-state index < -0.39 is 21.7 Å². The van der Waals surface area contributed by atoms with Crippen LogP contribution in [0.1, 0.15) is 31.9 Å². The van der Waals surface area contributed by atoms with Crippen LogP contribution in [0.4, 0.5) is 10.5 Å². The minimum atomic E-state index is -4.11. The van der Waals surface area contributed by atoms with E-state index in [-0.39, 0.29) is 10.6 Å². The summed E-state index contributed by atoms with van der Waals surface area (Å²) >= 11 is 0. The van der Waals surface area contributed by atoms with Crippen LogP contribution in [0.2, 0.25) is 0 Å². The van der Waals surface area contributed by atoms with Gasteiger partial charge in [0.25, 0.3) is 10.0 Å². The lowest BCUT2D eigenvalue weighted by Crippen LogP contribution is -2.41. The molecule has 0 heterocycles. The van der Waals surface area contributed by atoms with Gasteiger partial charge in [-0.25, -0.2) is 13.2 Å². The molecule has 0 aliphatic carbocycles. The first-order valence-corrected chi connectivity index (χ1v) is 9.37. The van der Waals surface area contributed by atoms with E-state index in [1.54, 1.807) is 64.1 Å². The van der Waals surface area contributed by atoms with Crippen molar-refractivity contribution < 1.29 is 17.9 Å². The van der Waals surface area contributed by atoms with Gasteiger partial charge in [0.15, 0.2) is 0 Å². The Bertz CT molecular complexity index is 882. The maximum atomic E-state index is 13.2. The van der Waals surface area contributed by atoms with Gasteiger partial charge >= 0.3 is 6.09 Å². The van der Waals surface area contributed by atoms with Crippen LogP contribution in [0.3, 0.4) is 0 Å². The van der Waals surface area contributed by atoms with E-state index in [0.717, 1.165) is 9.87 Å². The largest absolute Gasteiger partial charge is 0.443 e. The summed E-state index contributed by atoms with van der Waals surface area (Å²) in [5.74, 6) is 0. The number of nitrogens with zero attached hydrogens (tertiary/aromatic N) is 1. The number of benzene rings is 2. The van der Waals surface area contributed by atoms with Gasteiger partial charge in [0.05, 0.1) is 10.6 Å². The quantitative estimate of drug-likeness (QED) is 0.811. The Morgan fingerprint density at radius 3 is 2.20 bits per heavy atom. The third kappa shape index (κ3) is 4.39. The van der Waals surface area contributed by atoms with Crippen LogP contribution in [-0.2, 0) is 14.8 Å². The molecule has 0 aliphatic rings. The second-order valence-corrected chi connectivity index (χ2v) is 8.61. The molecule has 0 bridgehead atoms. The molecule has 0 spiro atoms. The molecule has 0 N–H and O–H groups in total. The van der Waals surface area contributed by atoms with Crippen LogP contribution >= 0.6 is 0 Å². The molecule has 25 heavy (non-hydrogen) atoms. The van der Waals surface area contributed by atoms with Gasteiger partial charge in [-0.2, -0.15) is 4.31 Å². The molecule has 2 aromatic rings. The molecule has 0 saturated carbocycles. The van der Waals surface area contributed by atoms with Gasteiger partial charge in [0.2, 0.25) is 0 Å². The van der Waals surface area contributed by atoms with Crippen LogP contribution in [0, 0.1) is 13.8 Å². The van der Waals surface area contributed by atoms with Crippen molar-refractivity contribution in [3.05, 3.63) is 59.7 Å². The fraction of sp³-hybridized carbons (Fsp3) is 0.316. The molecule has 1 amide bonds. The number of carbonyl (C=O) groups is 1. The molecular formula is C19H23NO4S. The first-order chi connectivity index (χ1) is 11.5. The summed E-state index contributed by atoms with van der Waals surface area (Å²) < 4.78 is 32.5. The normalized spacial score (nSPS) is 11.9. The highest BCUT2D eigenvalue weighted by molar-refractivity contribution is 7.93. The van der Waals surface area contributed by atoms with Crippen molar-refractivity contribution in [1.29, 1.82) is 0 Å². The van der Waals surface area contributed by atoms with Crippen molar-refractivity contribution in [3.63, 3.8) is 0 Å². The zero-order chi connectivity index (χ0) is 18.8. The molecule has 0 aliphatic heterocycles. The van der Waals surface area contributed by atoms with Crippen molar-refractivity contribution in [2.75, 3.05) is 4.31 Å². The molecule has 0 unspecified atom stereocenters. The standard InChI is InChI=1S/C19H23NO4S/c1-14-9-8-11-16(13-14)20(18(21)24-19(3,4)5)25(22,23)17-12-7-6-10-15(17)2/h6-13H,1-5H3. The summed E-state index contributed by atoms with van der Waals surface area (Å²) in [5.41, 5.74) is 0.827. The highest BCUT2D eigenvalue weighted by Crippen LogP contribution is 2.28. The summed E-state index contributed by atoms with van der Waals surface area (Å²) in [4.78, 5) is 12.8. The zero-order valence-corrected chi connectivity index (χ0v) is 15.9. The monoisotopic (exact) mass is 361 g/mol. The summed E-state index contributed by atoms with van der Waals surface area (Å²) in [6.07, 6.45) is -0.929. The molecule has 134 valence electrons. The summed E-state index contributed by atoms with van der Waals surface area (Å²) in [6.45, 7) is 8.60. The predicted octanol–water partition coefficient (Wildman–Crippen LogP) is 4.43. The predicted molar refractivity (Wildman–Crippen MR) is 98.3 cm³/mol. The van der Waals surface area contributed by atoms with E-state index in [0.29, 0.717) is 5.56 Å². The van der Waals surface area contributed by atoms with E-state index in [2.05, 4.69) is 0 Å². The van der Waals surface area contributed by atoms with Crippen molar-refractivity contribution in [2.45, 2.75) is 45.1 Å². The molecule has 0 aromatic heterocycles. The first kappa shape index (κ1) is 19.0. The van der Waals surface area contributed by atoms with Crippen molar-refractivity contribution in [1.82, 2.24) is 0 Å². The van der Waals surface area contributed by atoms with Gasteiger partial charge in [0, 0.05) is 0 Å². The molecule has 2 rings (SSSR count). The molecule has 0 saturated heterocycles. The van der Waals surface area contributed by atoms with Crippen molar-refractivity contribution in [3.8, 4) is 0 Å². The van der Waals surface area contributed by atoms with E-state index in [1.807, 2.05) is 13.0 Å². The average Bonchev–Trinajstić information content (AvgIpc) is 2.45. The maximum absolute atomic E-state index is 13.2. The lowest BCUT2D eigenvalue weighted by Gasteiger charge is -2.27. The smallest absolute Gasteiger partial charge is 0.429 e. The second-order valence-electron chi connectivity index (χ2n) is 6.85. The van der Waals surface area contributed by atoms with Crippen LogP contribution in [0.25, 0.3) is 0 Å². The Morgan fingerprint density at radius 2 is 1.64 bits per heavy atom. The second kappa shape index (κ2) is 6.88. The van der Waals surface area contributed by atoms with E-state index in [1.165, 1.54) is 6.07 Å². The fourth-order valence-corrected chi connectivity index (χ4v) is 3.89. The topological polar surface area (TPSA) is 63.7 Å². The summed E-state index contributed by atoms with van der Waals surface area (Å²) in [7, 11) is -4.11. The highest BCUT2D eigenvalue weighted by Gasteiger charge is 2.35. The zero-order valence-electron chi connectivity index (χ0n) is 15.1. The first-order valence-electron chi connectivity index (χ1n) is 7.93. The van der Waals surface area contributed by atoms with E-state index in [4.69, 9.17) is 4.74 Å². The van der Waals surface area contributed by atoms with Crippen LogP contribution in [0.15, 0.2) is 53.4 Å². The maximum Gasteiger partial charge on any atom is 0.429 e. The van der Waals surface area contributed by atoms with E-state index >= 15 is 0 Å². The van der Waals surface area contributed by atoms with Gasteiger partial charge in [-0.15, -0.1) is 0 Å². The molecule has 0 radical (unpaired) electrons. The van der Waals surface area contributed by atoms with Gasteiger partial charge in [0.1, 0.15) is 5.60 Å². The fourth-order valence-electron chi connectivity index (χ4n) is 2.34. The number of carbonyl (C=O) groups excluding carboxylic acids is 1. The number of hydrogen-bond acceptors (Lipinski definition) is 4. The molecule has 0 fully saturated rings. The Morgan fingerprint density at radius 1 is 1.00 bits per heavy atom. The lowest BCUT2D eigenvalue weighted by atomic mass is 10.2. The Hall–Kier alpha value is -2.34. The van der Waals surface area contributed by atoms with Crippen LogP contribution < -0.4 is 4.31 Å². The summed E-state index contributed by atoms with van der Waals surface area (Å²) in [5, 5.41) is 0. The molecule has 5 nitrogen and oxygen atoms in total. The van der Waals surface area contributed by atoms with Crippen molar-refractivity contribution in [2.24, 2.45) is 0 Å². The number of hydrogen-bond donors (Lipinski definition) is 0. The van der Waals surface area contributed by atoms with E-state index in [9.17, 15) is 13.2 Å². The SMILES string of the molecule is Cc1cccc(N(C(=O)OC(C)(C)C)S(=O)(=O)c2ccccc2C)c1. The van der Waals surface area contributed by atoms with Crippen molar-refractivity contribution >= 4 is 21.8 Å². The number of anilines is 1. The molecule has 2 aromatic carbocycles. The van der Waals surface area contributed by atoms with Gasteiger partial charge in [-0.05, 0) is 63.9 Å². The summed E-state index contributed by atoms with van der Waals surface area (Å²) in [6, 6.07) is 13.3. The highest BCUT2D eigenvalue weighted by atomic mass is 32.2. The van der Waals surface area contributed by atoms with Gasteiger partial charge in [-0.3, -0.25) is 0 Å². The Labute approximate surface area is 149 Å². The molecule has 0 atom stereocenters. The number of aryl methyl sites for hydroxylation is 2. The number of sulfonamides is 1. The molecule has 6 heteroatoms. The molecular weight excluding hydrogens is 338 g/mol. The Kier molecular flexibility index (Phi) is 5.23. The lowest BCUT2D eigenvalue weighted by molar-refractivity contribution is 0.0609. The minimum absolute atomic E-state index is 0.0716. The average molecular weight is 361 g/mol. The van der Waals surface area contributed by atoms with Crippen LogP contribution in [-0.4, -0.2) is 20.1 Å². The third-order valence-corrected chi connectivity index (χ3v) is 5.26. The Balaban J connectivity index is 2.63. The number of rotatable bonds is 3. The van der Waals surface area contributed by atoms with Crippen LogP contribution in [0.5, 0.6) is 0 Å². The van der Waals surface area contributed by atoms with Gasteiger partial charge in [-0.1, -0.05) is 30.3 Å². The van der Waals surface area contributed by atoms with Gasteiger partial charge < -0.3 is 4.74 Å². The number of ether oxygens (including phenoxy) is 1. The minimum Gasteiger partial charge on any atom is -0.443 e. The number of amides is 1.